The quantitative estimate of drug-likeness (QED) is 0.523. The van der Waals surface area contributed by atoms with Crippen molar-refractivity contribution < 1.29 is 19.0 Å². The van der Waals surface area contributed by atoms with Gasteiger partial charge in [0.15, 0.2) is 0 Å². The molecule has 0 aliphatic carbocycles. The number of rotatable bonds is 9. The first kappa shape index (κ1) is 20.7. The van der Waals surface area contributed by atoms with Gasteiger partial charge in [-0.15, -0.1) is 0 Å². The predicted molar refractivity (Wildman–Crippen MR) is 113 cm³/mol. The smallest absolute Gasteiger partial charge is 0.282 e. The third-order valence-electron chi connectivity index (χ3n) is 3.79. The maximum atomic E-state index is 10.9. The summed E-state index contributed by atoms with van der Waals surface area (Å²) >= 11 is 1.32. The van der Waals surface area contributed by atoms with Crippen molar-refractivity contribution in [3.63, 3.8) is 0 Å². The third-order valence-corrected chi connectivity index (χ3v) is 4.55. The fourth-order valence-corrected chi connectivity index (χ4v) is 3.18. The molecule has 1 amide bonds. The zero-order valence-electron chi connectivity index (χ0n) is 16.7. The van der Waals surface area contributed by atoms with Crippen LogP contribution in [0.15, 0.2) is 54.7 Å². The molecule has 3 aromatic rings. The van der Waals surface area contributed by atoms with Crippen LogP contribution in [-0.2, 0) is 11.2 Å². The lowest BCUT2D eigenvalue weighted by Gasteiger charge is -2.09. The Kier molecular flexibility index (Phi) is 7.08. The first-order valence-corrected chi connectivity index (χ1v) is 10.2. The average Bonchev–Trinajstić information content (AvgIpc) is 3.11. The number of hydrogen-bond donors (Lipinski definition) is 1. The SMILES string of the molecule is CC(=O)NCCc1ccc(Oc2cnc(Oc3ccc(OC(C)C)cc3)s2)cc1. The van der Waals surface area contributed by atoms with Crippen LogP contribution in [0.25, 0.3) is 0 Å². The van der Waals surface area contributed by atoms with Gasteiger partial charge in [0.25, 0.3) is 5.19 Å². The van der Waals surface area contributed by atoms with Crippen molar-refractivity contribution in [2.75, 3.05) is 6.54 Å². The van der Waals surface area contributed by atoms with E-state index in [-0.39, 0.29) is 12.0 Å². The summed E-state index contributed by atoms with van der Waals surface area (Å²) in [4.78, 5) is 15.2. The summed E-state index contributed by atoms with van der Waals surface area (Å²) in [5.74, 6) is 2.19. The van der Waals surface area contributed by atoms with Crippen LogP contribution in [0, 0.1) is 0 Å². The molecule has 0 fully saturated rings. The summed E-state index contributed by atoms with van der Waals surface area (Å²) < 4.78 is 17.2. The van der Waals surface area contributed by atoms with Crippen molar-refractivity contribution >= 4 is 17.2 Å². The molecule has 0 radical (unpaired) electrons. The zero-order valence-corrected chi connectivity index (χ0v) is 17.5. The Hall–Kier alpha value is -3.06. The first-order chi connectivity index (χ1) is 14.0. The van der Waals surface area contributed by atoms with Gasteiger partial charge in [0.2, 0.25) is 11.0 Å². The summed E-state index contributed by atoms with van der Waals surface area (Å²) in [6.45, 7) is 6.11. The molecule has 2 aromatic carbocycles. The number of aromatic nitrogens is 1. The molecule has 0 saturated heterocycles. The highest BCUT2D eigenvalue weighted by atomic mass is 32.1. The van der Waals surface area contributed by atoms with Crippen molar-refractivity contribution in [3.05, 3.63) is 60.3 Å². The Bertz CT molecular complexity index is 921. The van der Waals surface area contributed by atoms with Crippen molar-refractivity contribution in [2.45, 2.75) is 33.3 Å². The van der Waals surface area contributed by atoms with Gasteiger partial charge in [0.1, 0.15) is 17.2 Å². The molecule has 0 atom stereocenters. The van der Waals surface area contributed by atoms with Crippen LogP contribution in [0.2, 0.25) is 0 Å². The molecule has 7 heteroatoms. The van der Waals surface area contributed by atoms with Gasteiger partial charge < -0.3 is 19.5 Å². The number of nitrogens with one attached hydrogen (secondary N) is 1. The van der Waals surface area contributed by atoms with E-state index in [1.807, 2.05) is 62.4 Å². The predicted octanol–water partition coefficient (Wildman–Crippen LogP) is 5.19. The van der Waals surface area contributed by atoms with Crippen molar-refractivity contribution in [3.8, 4) is 27.5 Å². The summed E-state index contributed by atoms with van der Waals surface area (Å²) in [7, 11) is 0. The van der Waals surface area contributed by atoms with Gasteiger partial charge >= 0.3 is 0 Å². The molecule has 1 aromatic heterocycles. The molecular weight excluding hydrogens is 388 g/mol. The van der Waals surface area contributed by atoms with E-state index >= 15 is 0 Å². The topological polar surface area (TPSA) is 69.7 Å². The van der Waals surface area contributed by atoms with Gasteiger partial charge in [0.05, 0.1) is 12.3 Å². The molecule has 0 spiro atoms. The second-order valence-electron chi connectivity index (χ2n) is 6.66. The van der Waals surface area contributed by atoms with Gasteiger partial charge in [-0.1, -0.05) is 12.1 Å². The molecule has 1 heterocycles. The molecule has 0 bridgehead atoms. The van der Waals surface area contributed by atoms with E-state index in [4.69, 9.17) is 14.2 Å². The highest BCUT2D eigenvalue weighted by Gasteiger charge is 2.07. The largest absolute Gasteiger partial charge is 0.491 e. The number of thiazole rings is 1. The number of carbonyl (C=O) groups is 1. The van der Waals surface area contributed by atoms with E-state index in [2.05, 4.69) is 10.3 Å². The lowest BCUT2D eigenvalue weighted by atomic mass is 10.1. The average molecular weight is 413 g/mol. The maximum Gasteiger partial charge on any atom is 0.282 e. The van der Waals surface area contributed by atoms with Gasteiger partial charge in [0, 0.05) is 13.5 Å². The van der Waals surface area contributed by atoms with Crippen molar-refractivity contribution in [2.24, 2.45) is 0 Å². The van der Waals surface area contributed by atoms with Crippen molar-refractivity contribution in [1.82, 2.24) is 10.3 Å². The van der Waals surface area contributed by atoms with Crippen LogP contribution >= 0.6 is 11.3 Å². The van der Waals surface area contributed by atoms with Crippen molar-refractivity contribution in [1.29, 1.82) is 0 Å². The van der Waals surface area contributed by atoms with E-state index in [9.17, 15) is 4.79 Å². The van der Waals surface area contributed by atoms with E-state index in [0.717, 1.165) is 23.5 Å². The van der Waals surface area contributed by atoms with Crippen LogP contribution in [0.5, 0.6) is 27.5 Å². The van der Waals surface area contributed by atoms with Gasteiger partial charge in [-0.05, 0) is 73.6 Å². The van der Waals surface area contributed by atoms with E-state index in [1.165, 1.54) is 18.3 Å². The molecule has 29 heavy (non-hydrogen) atoms. The minimum absolute atomic E-state index is 0.0204. The molecule has 0 aliphatic rings. The van der Waals surface area contributed by atoms with E-state index in [0.29, 0.717) is 22.6 Å². The van der Waals surface area contributed by atoms with Gasteiger partial charge in [-0.3, -0.25) is 4.79 Å². The fourth-order valence-electron chi connectivity index (χ4n) is 2.52. The second kappa shape index (κ2) is 9.93. The summed E-state index contributed by atoms with van der Waals surface area (Å²) in [6, 6.07) is 15.2. The minimum Gasteiger partial charge on any atom is -0.491 e. The minimum atomic E-state index is -0.0204. The van der Waals surface area contributed by atoms with Gasteiger partial charge in [-0.2, -0.15) is 0 Å². The van der Waals surface area contributed by atoms with Crippen LogP contribution in [0.3, 0.4) is 0 Å². The standard InChI is InChI=1S/C22H24N2O4S/c1-15(2)26-18-8-10-20(11-9-18)28-22-24-14-21(29-22)27-19-6-4-17(5-7-19)12-13-23-16(3)25/h4-11,14-15H,12-13H2,1-3H3,(H,23,25). The lowest BCUT2D eigenvalue weighted by molar-refractivity contribution is -0.118. The van der Waals surface area contributed by atoms with Crippen LogP contribution < -0.4 is 19.5 Å². The number of ether oxygens (including phenoxy) is 3. The highest BCUT2D eigenvalue weighted by molar-refractivity contribution is 7.15. The Morgan fingerprint density at radius 3 is 2.28 bits per heavy atom. The number of hydrogen-bond acceptors (Lipinski definition) is 6. The third kappa shape index (κ3) is 6.80. The Balaban J connectivity index is 1.52. The molecular formula is C22H24N2O4S. The Morgan fingerprint density at radius 2 is 1.62 bits per heavy atom. The number of nitrogens with zero attached hydrogens (tertiary/aromatic N) is 1. The number of amides is 1. The fraction of sp³-hybridized carbons (Fsp3) is 0.273. The molecule has 0 unspecified atom stereocenters. The molecule has 1 N–H and O–H groups in total. The van der Waals surface area contributed by atoms with Crippen LogP contribution in [0.1, 0.15) is 26.3 Å². The molecule has 0 aliphatic heterocycles. The summed E-state index contributed by atoms with van der Waals surface area (Å²) in [6.07, 6.45) is 2.55. The van der Waals surface area contributed by atoms with Crippen LogP contribution in [0.4, 0.5) is 0 Å². The second-order valence-corrected chi connectivity index (χ2v) is 7.62. The molecule has 6 nitrogen and oxygen atoms in total. The number of benzene rings is 2. The zero-order chi connectivity index (χ0) is 20.6. The lowest BCUT2D eigenvalue weighted by Crippen LogP contribution is -2.22. The normalized spacial score (nSPS) is 10.6. The Labute approximate surface area is 174 Å². The summed E-state index contributed by atoms with van der Waals surface area (Å²) in [5, 5.41) is 3.93. The van der Waals surface area contributed by atoms with Gasteiger partial charge in [-0.25, -0.2) is 4.98 Å². The molecule has 0 saturated carbocycles. The highest BCUT2D eigenvalue weighted by Crippen LogP contribution is 2.34. The maximum absolute atomic E-state index is 10.9. The summed E-state index contributed by atoms with van der Waals surface area (Å²) in [5.41, 5.74) is 1.13. The monoisotopic (exact) mass is 412 g/mol. The molecule has 152 valence electrons. The van der Waals surface area contributed by atoms with E-state index < -0.39 is 0 Å². The Morgan fingerprint density at radius 1 is 1.00 bits per heavy atom. The molecule has 3 rings (SSSR count). The van der Waals surface area contributed by atoms with Crippen LogP contribution in [-0.4, -0.2) is 23.5 Å². The van der Waals surface area contributed by atoms with E-state index in [1.54, 1.807) is 6.20 Å². The number of carbonyl (C=O) groups excluding carboxylic acids is 1. The first-order valence-electron chi connectivity index (χ1n) is 9.39.